The molecular formula is C41H58. The first-order valence-electron chi connectivity index (χ1n) is 15.9. The average Bonchev–Trinajstić information content (AvgIpc) is 3.40. The van der Waals surface area contributed by atoms with Crippen molar-refractivity contribution in [2.24, 2.45) is 28.1 Å². The summed E-state index contributed by atoms with van der Waals surface area (Å²) >= 11 is 0. The van der Waals surface area contributed by atoms with Gasteiger partial charge < -0.3 is 0 Å². The maximum Gasteiger partial charge on any atom is 0.0197 e. The summed E-state index contributed by atoms with van der Waals surface area (Å²) in [7, 11) is 0. The number of allylic oxidation sites excluding steroid dienone is 8. The Bertz CT molecular complexity index is 1370. The fourth-order valence-electron chi connectivity index (χ4n) is 10.4. The van der Waals surface area contributed by atoms with Gasteiger partial charge in [0.1, 0.15) is 0 Å². The van der Waals surface area contributed by atoms with E-state index in [4.69, 9.17) is 19.7 Å². The van der Waals surface area contributed by atoms with E-state index in [9.17, 15) is 0 Å². The van der Waals surface area contributed by atoms with Crippen LogP contribution >= 0.6 is 0 Å². The Morgan fingerprint density at radius 2 is 1.63 bits per heavy atom. The van der Waals surface area contributed by atoms with Gasteiger partial charge in [-0.15, -0.1) is 0 Å². The van der Waals surface area contributed by atoms with E-state index in [0.29, 0.717) is 11.8 Å². The Balaban J connectivity index is 0.00000387. The van der Waals surface area contributed by atoms with E-state index in [1.165, 1.54) is 94.2 Å². The molecule has 0 aliphatic heterocycles. The minimum atomic E-state index is -0.172. The van der Waals surface area contributed by atoms with Crippen LogP contribution in [-0.4, -0.2) is 0 Å². The average molecular weight is 551 g/mol. The maximum absolute atomic E-state index is 4.88. The van der Waals surface area contributed by atoms with E-state index in [0.717, 1.165) is 24.3 Å². The van der Waals surface area contributed by atoms with Gasteiger partial charge in [0.15, 0.2) is 0 Å². The lowest BCUT2D eigenvalue weighted by Crippen LogP contribution is -2.59. The summed E-state index contributed by atoms with van der Waals surface area (Å²) in [4.78, 5) is 0. The maximum atomic E-state index is 4.88. The van der Waals surface area contributed by atoms with Gasteiger partial charge >= 0.3 is 0 Å². The monoisotopic (exact) mass is 550 g/mol. The van der Waals surface area contributed by atoms with Crippen LogP contribution in [0, 0.1) is 35.0 Å². The standard InChI is InChI=1S/C40H54.CH4/c1-24(2)35-27(5)23-38(10)34(22-25(3)20-21-32-17-13-14-18-32)39(11)29(7)33-19-15-16-26(4)36(33)28(6)37(39)31(9)40(38,12)30(35)8;/h15-16,19,29,32,34H,1,3,6,8,13-14,17-18,20-23H2,2,4-5,7,9-12H3;1H4/t29-,34+,38+,39-,40-;/m1./s1. The van der Waals surface area contributed by atoms with Crippen LogP contribution in [0.5, 0.6) is 0 Å². The van der Waals surface area contributed by atoms with Crippen LogP contribution in [0.2, 0.25) is 0 Å². The van der Waals surface area contributed by atoms with Crippen molar-refractivity contribution in [2.75, 3.05) is 0 Å². The smallest absolute Gasteiger partial charge is 0.0197 e. The lowest BCUT2D eigenvalue weighted by atomic mass is 9.36. The third kappa shape index (κ3) is 4.29. The van der Waals surface area contributed by atoms with Gasteiger partial charge in [0.05, 0.1) is 0 Å². The second-order valence-corrected chi connectivity index (χ2v) is 14.9. The Labute approximate surface area is 253 Å². The number of hydrogen-bond acceptors (Lipinski definition) is 0. The molecule has 0 aromatic heterocycles. The van der Waals surface area contributed by atoms with Gasteiger partial charge in [-0.2, -0.15) is 0 Å². The highest BCUT2D eigenvalue weighted by atomic mass is 14.7. The second kappa shape index (κ2) is 10.7. The van der Waals surface area contributed by atoms with Gasteiger partial charge in [0.2, 0.25) is 0 Å². The first-order valence-corrected chi connectivity index (χ1v) is 15.9. The summed E-state index contributed by atoms with van der Waals surface area (Å²) in [6.45, 7) is 38.3. The third-order valence-corrected chi connectivity index (χ3v) is 12.8. The van der Waals surface area contributed by atoms with Gasteiger partial charge in [-0.1, -0.05) is 128 Å². The molecule has 0 amide bonds. The Kier molecular flexibility index (Phi) is 8.27. The topological polar surface area (TPSA) is 0 Å². The Morgan fingerprint density at radius 1 is 1.00 bits per heavy atom. The van der Waals surface area contributed by atoms with Gasteiger partial charge in [-0.25, -0.2) is 0 Å². The molecule has 0 bridgehead atoms. The fraction of sp³-hybridized carbons (Fsp3) is 0.561. The van der Waals surface area contributed by atoms with E-state index in [2.05, 4.69) is 80.2 Å². The zero-order valence-electron chi connectivity index (χ0n) is 26.9. The SMILES string of the molecule is C.C=C(CCC1CCCC1)C[C@@H]1[C@]2(C)C(=C(C)[C@@]3(C)C(=C)C(C(=C)C)=C(C)C[C@@]13C)C(=C)c1c(C)cccc1[C@H]2C. The molecule has 1 fully saturated rings. The van der Waals surface area contributed by atoms with E-state index in [1.54, 1.807) is 0 Å². The van der Waals surface area contributed by atoms with Gasteiger partial charge in [0, 0.05) is 10.8 Å². The lowest BCUT2D eigenvalue weighted by Gasteiger charge is -2.67. The molecule has 0 radical (unpaired) electrons. The van der Waals surface area contributed by atoms with Crippen molar-refractivity contribution in [3.05, 3.63) is 100 Å². The molecular weight excluding hydrogens is 492 g/mol. The lowest BCUT2D eigenvalue weighted by molar-refractivity contribution is -0.0371. The highest BCUT2D eigenvalue weighted by Gasteiger charge is 2.66. The van der Waals surface area contributed by atoms with E-state index < -0.39 is 0 Å². The normalized spacial score (nSPS) is 33.3. The van der Waals surface area contributed by atoms with Crippen molar-refractivity contribution in [3.8, 4) is 0 Å². The van der Waals surface area contributed by atoms with E-state index >= 15 is 0 Å². The van der Waals surface area contributed by atoms with Crippen LogP contribution in [0.25, 0.3) is 5.57 Å². The first kappa shape index (κ1) is 31.6. The van der Waals surface area contributed by atoms with Crippen LogP contribution in [0.15, 0.2) is 83.5 Å². The minimum absolute atomic E-state index is 0. The summed E-state index contributed by atoms with van der Waals surface area (Å²) in [6, 6.07) is 6.89. The molecule has 4 aliphatic carbocycles. The van der Waals surface area contributed by atoms with Gasteiger partial charge in [-0.3, -0.25) is 0 Å². The van der Waals surface area contributed by atoms with Crippen molar-refractivity contribution < 1.29 is 0 Å². The number of fused-ring (bicyclic) bond motifs is 3. The summed E-state index contributed by atoms with van der Waals surface area (Å²) in [5.74, 6) is 1.73. The van der Waals surface area contributed by atoms with Crippen molar-refractivity contribution in [2.45, 2.75) is 120 Å². The predicted molar refractivity (Wildman–Crippen MR) is 182 cm³/mol. The molecule has 1 aromatic rings. The van der Waals surface area contributed by atoms with E-state index in [1.807, 2.05) is 0 Å². The third-order valence-electron chi connectivity index (χ3n) is 12.8. The molecule has 0 spiro atoms. The molecule has 0 heteroatoms. The highest BCUT2D eigenvalue weighted by molar-refractivity contribution is 5.87. The zero-order valence-corrected chi connectivity index (χ0v) is 26.9. The first-order chi connectivity index (χ1) is 18.7. The van der Waals surface area contributed by atoms with Gasteiger partial charge in [0.25, 0.3) is 0 Å². The molecule has 5 rings (SSSR count). The molecule has 0 unspecified atom stereocenters. The number of benzene rings is 1. The molecule has 1 saturated carbocycles. The predicted octanol–water partition coefficient (Wildman–Crippen LogP) is 12.5. The van der Waals surface area contributed by atoms with Crippen molar-refractivity contribution >= 4 is 5.57 Å². The van der Waals surface area contributed by atoms with Gasteiger partial charge in [-0.05, 0) is 116 Å². The number of rotatable bonds is 6. The van der Waals surface area contributed by atoms with Crippen LogP contribution in [0.1, 0.15) is 130 Å². The molecule has 0 heterocycles. The quantitative estimate of drug-likeness (QED) is 0.309. The van der Waals surface area contributed by atoms with Crippen molar-refractivity contribution in [3.63, 3.8) is 0 Å². The second-order valence-electron chi connectivity index (χ2n) is 14.9. The molecule has 1 aromatic carbocycles. The summed E-state index contributed by atoms with van der Waals surface area (Å²) in [6.07, 6.45) is 10.3. The summed E-state index contributed by atoms with van der Waals surface area (Å²) < 4.78 is 0. The zero-order chi connectivity index (χ0) is 29.4. The van der Waals surface area contributed by atoms with Crippen molar-refractivity contribution in [1.82, 2.24) is 0 Å². The molecule has 41 heavy (non-hydrogen) atoms. The molecule has 5 atom stereocenters. The van der Waals surface area contributed by atoms with Crippen LogP contribution in [0.3, 0.4) is 0 Å². The van der Waals surface area contributed by atoms with Crippen LogP contribution < -0.4 is 0 Å². The molecule has 222 valence electrons. The Morgan fingerprint density at radius 3 is 2.24 bits per heavy atom. The van der Waals surface area contributed by atoms with Crippen LogP contribution in [-0.2, 0) is 0 Å². The molecule has 4 aliphatic rings. The molecule has 0 nitrogen and oxygen atoms in total. The van der Waals surface area contributed by atoms with Crippen LogP contribution in [0.4, 0.5) is 0 Å². The summed E-state index contributed by atoms with van der Waals surface area (Å²) in [5.41, 5.74) is 14.8. The molecule has 0 saturated heterocycles. The molecule has 0 N–H and O–H groups in total. The highest BCUT2D eigenvalue weighted by Crippen LogP contribution is 2.75. The largest absolute Gasteiger partial charge is 0.0999 e. The van der Waals surface area contributed by atoms with Crippen molar-refractivity contribution in [1.29, 1.82) is 0 Å². The number of hydrogen-bond donors (Lipinski definition) is 0. The minimum Gasteiger partial charge on any atom is -0.0999 e. The van der Waals surface area contributed by atoms with E-state index in [-0.39, 0.29) is 23.7 Å². The fourth-order valence-corrected chi connectivity index (χ4v) is 10.4. The Hall–Kier alpha value is -2.34. The summed E-state index contributed by atoms with van der Waals surface area (Å²) in [5, 5.41) is 0. The number of aryl methyl sites for hydroxylation is 1.